The van der Waals surface area contributed by atoms with E-state index in [0.717, 1.165) is 27.5 Å². The second-order valence-corrected chi connectivity index (χ2v) is 5.44. The van der Waals surface area contributed by atoms with E-state index in [4.69, 9.17) is 27.9 Å². The summed E-state index contributed by atoms with van der Waals surface area (Å²) in [4.78, 5) is 0. The summed E-state index contributed by atoms with van der Waals surface area (Å²) in [5.41, 5.74) is 3.06. The molecular formula is C16H17Cl2NO. The van der Waals surface area contributed by atoms with Gasteiger partial charge in [-0.3, -0.25) is 0 Å². The van der Waals surface area contributed by atoms with Crippen molar-refractivity contribution in [1.82, 2.24) is 5.32 Å². The number of rotatable bonds is 5. The Kier molecular flexibility index (Phi) is 5.30. The van der Waals surface area contributed by atoms with Gasteiger partial charge in [0.15, 0.2) is 0 Å². The predicted octanol–water partition coefficient (Wildman–Crippen LogP) is 4.60. The van der Waals surface area contributed by atoms with Gasteiger partial charge >= 0.3 is 0 Å². The maximum atomic E-state index is 6.21. The van der Waals surface area contributed by atoms with Crippen molar-refractivity contribution in [2.45, 2.75) is 20.1 Å². The van der Waals surface area contributed by atoms with Crippen LogP contribution in [0.1, 0.15) is 16.7 Å². The van der Waals surface area contributed by atoms with Crippen molar-refractivity contribution in [3.05, 3.63) is 63.1 Å². The third kappa shape index (κ3) is 3.66. The number of aryl methyl sites for hydroxylation is 1. The molecule has 0 atom stereocenters. The van der Waals surface area contributed by atoms with E-state index in [9.17, 15) is 0 Å². The highest BCUT2D eigenvalue weighted by atomic mass is 35.5. The molecule has 2 aromatic carbocycles. The molecule has 0 bridgehead atoms. The van der Waals surface area contributed by atoms with Gasteiger partial charge in [0.25, 0.3) is 0 Å². The maximum absolute atomic E-state index is 6.21. The molecule has 0 saturated heterocycles. The molecule has 0 aliphatic heterocycles. The lowest BCUT2D eigenvalue weighted by molar-refractivity contribution is 0.302. The number of hydrogen-bond acceptors (Lipinski definition) is 2. The van der Waals surface area contributed by atoms with Crippen LogP contribution in [0.4, 0.5) is 0 Å². The minimum absolute atomic E-state index is 0.427. The van der Waals surface area contributed by atoms with Crippen LogP contribution in [0.3, 0.4) is 0 Å². The van der Waals surface area contributed by atoms with E-state index in [1.807, 2.05) is 50.4 Å². The van der Waals surface area contributed by atoms with Crippen molar-refractivity contribution < 1.29 is 4.74 Å². The lowest BCUT2D eigenvalue weighted by Gasteiger charge is -2.13. The second-order valence-electron chi connectivity index (χ2n) is 4.63. The molecule has 0 heterocycles. The maximum Gasteiger partial charge on any atom is 0.125 e. The van der Waals surface area contributed by atoms with Crippen molar-refractivity contribution in [2.24, 2.45) is 0 Å². The fraction of sp³-hybridized carbons (Fsp3) is 0.250. The Morgan fingerprint density at radius 3 is 2.60 bits per heavy atom. The molecule has 0 amide bonds. The zero-order valence-electron chi connectivity index (χ0n) is 11.5. The highest BCUT2D eigenvalue weighted by molar-refractivity contribution is 6.31. The average Bonchev–Trinajstić information content (AvgIpc) is 2.41. The Labute approximate surface area is 129 Å². The number of hydrogen-bond donors (Lipinski definition) is 1. The fourth-order valence-electron chi connectivity index (χ4n) is 1.95. The zero-order valence-corrected chi connectivity index (χ0v) is 13.1. The summed E-state index contributed by atoms with van der Waals surface area (Å²) in [5, 5.41) is 4.52. The third-order valence-corrected chi connectivity index (χ3v) is 3.73. The molecular weight excluding hydrogens is 293 g/mol. The van der Waals surface area contributed by atoms with Crippen molar-refractivity contribution in [2.75, 3.05) is 7.05 Å². The van der Waals surface area contributed by atoms with Crippen LogP contribution in [0.15, 0.2) is 36.4 Å². The predicted molar refractivity (Wildman–Crippen MR) is 84.7 cm³/mol. The van der Waals surface area contributed by atoms with Gasteiger partial charge in [-0.1, -0.05) is 41.4 Å². The molecule has 0 aliphatic rings. The van der Waals surface area contributed by atoms with Crippen LogP contribution in [-0.4, -0.2) is 7.05 Å². The summed E-state index contributed by atoms with van der Waals surface area (Å²) in [6, 6.07) is 11.6. The van der Waals surface area contributed by atoms with Crippen LogP contribution >= 0.6 is 23.2 Å². The molecule has 20 heavy (non-hydrogen) atoms. The van der Waals surface area contributed by atoms with E-state index >= 15 is 0 Å². The van der Waals surface area contributed by atoms with Gasteiger partial charge in [0.1, 0.15) is 12.4 Å². The lowest BCUT2D eigenvalue weighted by Crippen LogP contribution is -2.08. The molecule has 0 saturated carbocycles. The molecule has 0 radical (unpaired) electrons. The highest BCUT2D eigenvalue weighted by Gasteiger charge is 2.08. The minimum atomic E-state index is 0.427. The summed E-state index contributed by atoms with van der Waals surface area (Å²) < 4.78 is 5.87. The monoisotopic (exact) mass is 309 g/mol. The topological polar surface area (TPSA) is 21.3 Å². The van der Waals surface area contributed by atoms with E-state index in [2.05, 4.69) is 5.32 Å². The van der Waals surface area contributed by atoms with E-state index < -0.39 is 0 Å². The molecule has 106 valence electrons. The zero-order chi connectivity index (χ0) is 14.5. The first-order valence-corrected chi connectivity index (χ1v) is 7.17. The number of ether oxygens (including phenoxy) is 1. The van der Waals surface area contributed by atoms with Crippen molar-refractivity contribution in [3.8, 4) is 5.75 Å². The molecule has 0 spiro atoms. The largest absolute Gasteiger partial charge is 0.488 e. The Bertz CT molecular complexity index is 599. The summed E-state index contributed by atoms with van der Waals surface area (Å²) in [6.07, 6.45) is 0. The summed E-state index contributed by atoms with van der Waals surface area (Å²) in [6.45, 7) is 3.10. The minimum Gasteiger partial charge on any atom is -0.488 e. The van der Waals surface area contributed by atoms with Gasteiger partial charge in [0.2, 0.25) is 0 Å². The van der Waals surface area contributed by atoms with Gasteiger partial charge in [-0.15, -0.1) is 0 Å². The normalized spacial score (nSPS) is 10.6. The molecule has 0 aromatic heterocycles. The molecule has 1 N–H and O–H groups in total. The van der Waals surface area contributed by atoms with Crippen LogP contribution in [0.25, 0.3) is 0 Å². The number of nitrogens with one attached hydrogen (secondary N) is 1. The smallest absolute Gasteiger partial charge is 0.125 e. The van der Waals surface area contributed by atoms with E-state index in [1.54, 1.807) is 0 Å². The number of halogens is 2. The first-order valence-electron chi connectivity index (χ1n) is 6.41. The first kappa shape index (κ1) is 15.2. The van der Waals surface area contributed by atoms with Crippen molar-refractivity contribution in [3.63, 3.8) is 0 Å². The van der Waals surface area contributed by atoms with Crippen LogP contribution in [0.2, 0.25) is 10.0 Å². The Morgan fingerprint density at radius 2 is 1.90 bits per heavy atom. The average molecular weight is 310 g/mol. The van der Waals surface area contributed by atoms with Gasteiger partial charge in [0, 0.05) is 27.7 Å². The molecule has 0 aliphatic carbocycles. The van der Waals surface area contributed by atoms with Crippen LogP contribution in [-0.2, 0) is 13.2 Å². The highest BCUT2D eigenvalue weighted by Crippen LogP contribution is 2.28. The standard InChI is InChI=1S/C16H17Cl2NO/c1-11-6-7-12(15(18)8-11)10-20-16-5-3-4-14(17)13(16)9-19-2/h3-8,19H,9-10H2,1-2H3. The van der Waals surface area contributed by atoms with Crippen LogP contribution < -0.4 is 10.1 Å². The fourth-order valence-corrected chi connectivity index (χ4v) is 2.47. The summed E-state index contributed by atoms with van der Waals surface area (Å²) in [7, 11) is 1.88. The van der Waals surface area contributed by atoms with Crippen molar-refractivity contribution in [1.29, 1.82) is 0 Å². The van der Waals surface area contributed by atoms with Gasteiger partial charge < -0.3 is 10.1 Å². The van der Waals surface area contributed by atoms with E-state index in [-0.39, 0.29) is 0 Å². The third-order valence-electron chi connectivity index (χ3n) is 3.02. The molecule has 2 rings (SSSR count). The number of benzene rings is 2. The van der Waals surface area contributed by atoms with Gasteiger partial charge in [-0.25, -0.2) is 0 Å². The van der Waals surface area contributed by atoms with Gasteiger partial charge in [-0.2, -0.15) is 0 Å². The Balaban J connectivity index is 2.16. The molecule has 0 unspecified atom stereocenters. The molecule has 0 fully saturated rings. The molecule has 2 aromatic rings. The van der Waals surface area contributed by atoms with Gasteiger partial charge in [-0.05, 0) is 37.7 Å². The SMILES string of the molecule is CNCc1c(Cl)cccc1OCc1ccc(C)cc1Cl. The quantitative estimate of drug-likeness (QED) is 0.871. The van der Waals surface area contributed by atoms with Gasteiger partial charge in [0.05, 0.1) is 0 Å². The van der Waals surface area contributed by atoms with E-state index in [1.165, 1.54) is 0 Å². The molecule has 2 nitrogen and oxygen atoms in total. The molecule has 4 heteroatoms. The second kappa shape index (κ2) is 6.98. The van der Waals surface area contributed by atoms with Crippen LogP contribution in [0.5, 0.6) is 5.75 Å². The van der Waals surface area contributed by atoms with E-state index in [0.29, 0.717) is 18.2 Å². The van der Waals surface area contributed by atoms with Crippen LogP contribution in [0, 0.1) is 6.92 Å². The van der Waals surface area contributed by atoms with Crippen molar-refractivity contribution >= 4 is 23.2 Å². The summed E-state index contributed by atoms with van der Waals surface area (Å²) >= 11 is 12.4. The Hall–Kier alpha value is -1.22. The summed E-state index contributed by atoms with van der Waals surface area (Å²) in [5.74, 6) is 0.781. The lowest BCUT2D eigenvalue weighted by atomic mass is 10.1. The first-order chi connectivity index (χ1) is 9.61. The Morgan fingerprint density at radius 1 is 1.10 bits per heavy atom.